The summed E-state index contributed by atoms with van der Waals surface area (Å²) in [6.07, 6.45) is 2.20. The molecule has 0 aliphatic carbocycles. The third-order valence-electron chi connectivity index (χ3n) is 2.40. The highest BCUT2D eigenvalue weighted by atomic mass is 19.1. The van der Waals surface area contributed by atoms with Gasteiger partial charge in [0.1, 0.15) is 11.5 Å². The number of aromatic nitrogens is 3. The Labute approximate surface area is 98.1 Å². The minimum absolute atomic E-state index is 0.0483. The molecule has 1 aromatic heterocycles. The Bertz CT molecular complexity index is 536. The summed E-state index contributed by atoms with van der Waals surface area (Å²) in [5.41, 5.74) is 0.365. The number of rotatable bonds is 4. The van der Waals surface area contributed by atoms with Gasteiger partial charge in [0.2, 0.25) is 5.78 Å². The lowest BCUT2D eigenvalue weighted by Crippen LogP contribution is -2.12. The molecule has 17 heavy (non-hydrogen) atoms. The van der Waals surface area contributed by atoms with Crippen LogP contribution in [-0.4, -0.2) is 20.8 Å². The van der Waals surface area contributed by atoms with Gasteiger partial charge in [-0.15, -0.1) is 5.10 Å². The lowest BCUT2D eigenvalue weighted by Gasteiger charge is -2.04. The number of benzene rings is 1. The minimum Gasteiger partial charge on any atom is -0.287 e. The highest BCUT2D eigenvalue weighted by Gasteiger charge is 2.17. The van der Waals surface area contributed by atoms with Gasteiger partial charge in [-0.3, -0.25) is 4.79 Å². The molecule has 0 saturated carbocycles. The quantitative estimate of drug-likeness (QED) is 0.759. The number of hydrogen-bond acceptors (Lipinski definition) is 3. The molecule has 2 rings (SSSR count). The van der Waals surface area contributed by atoms with Crippen LogP contribution in [0.3, 0.4) is 0 Å². The molecule has 1 aromatic carbocycles. The summed E-state index contributed by atoms with van der Waals surface area (Å²) in [5, 5.41) is 7.49. The number of nitrogens with zero attached hydrogens (tertiary/aromatic N) is 3. The zero-order valence-electron chi connectivity index (χ0n) is 9.43. The maximum atomic E-state index is 13.5. The fraction of sp³-hybridized carbons (Fsp3) is 0.250. The molecule has 5 heteroatoms. The summed E-state index contributed by atoms with van der Waals surface area (Å²) in [6, 6.07) is 5.90. The molecule has 0 aliphatic heterocycles. The lowest BCUT2D eigenvalue weighted by molar-refractivity contribution is 0.102. The molecular formula is C12H12FN3O. The average Bonchev–Trinajstić information content (AvgIpc) is 2.78. The monoisotopic (exact) mass is 233 g/mol. The predicted molar refractivity (Wildman–Crippen MR) is 60.1 cm³/mol. The SMILES string of the molecule is CCCn1nncc1C(=O)c1ccccc1F. The van der Waals surface area contributed by atoms with Crippen LogP contribution >= 0.6 is 0 Å². The van der Waals surface area contributed by atoms with Crippen LogP contribution in [0.2, 0.25) is 0 Å². The second kappa shape index (κ2) is 4.86. The molecule has 88 valence electrons. The molecule has 0 unspecified atom stereocenters. The summed E-state index contributed by atoms with van der Waals surface area (Å²) in [5.74, 6) is -0.914. The Morgan fingerprint density at radius 3 is 2.88 bits per heavy atom. The molecule has 0 spiro atoms. The van der Waals surface area contributed by atoms with Crippen LogP contribution in [0.15, 0.2) is 30.5 Å². The standard InChI is InChI=1S/C12H12FN3O/c1-2-7-16-11(8-14-15-16)12(17)9-5-3-4-6-10(9)13/h3-6,8H,2,7H2,1H3. The first kappa shape index (κ1) is 11.4. The van der Waals surface area contributed by atoms with Crippen molar-refractivity contribution in [2.75, 3.05) is 0 Å². The summed E-state index contributed by atoms with van der Waals surface area (Å²) in [4.78, 5) is 12.1. The lowest BCUT2D eigenvalue weighted by atomic mass is 10.1. The molecule has 2 aromatic rings. The van der Waals surface area contributed by atoms with E-state index in [0.29, 0.717) is 12.2 Å². The van der Waals surface area contributed by atoms with Gasteiger partial charge in [-0.05, 0) is 18.6 Å². The van der Waals surface area contributed by atoms with Crippen LogP contribution in [0.5, 0.6) is 0 Å². The number of hydrogen-bond donors (Lipinski definition) is 0. The molecule has 0 fully saturated rings. The van der Waals surface area contributed by atoms with E-state index in [1.165, 1.54) is 23.0 Å². The molecule has 0 N–H and O–H groups in total. The van der Waals surface area contributed by atoms with Gasteiger partial charge in [-0.2, -0.15) is 0 Å². The zero-order valence-corrected chi connectivity index (χ0v) is 9.43. The van der Waals surface area contributed by atoms with E-state index in [9.17, 15) is 9.18 Å². The topological polar surface area (TPSA) is 47.8 Å². The molecule has 0 atom stereocenters. The van der Waals surface area contributed by atoms with E-state index in [-0.39, 0.29) is 11.3 Å². The highest BCUT2D eigenvalue weighted by Crippen LogP contribution is 2.12. The summed E-state index contributed by atoms with van der Waals surface area (Å²) in [7, 11) is 0. The third kappa shape index (κ3) is 2.22. The summed E-state index contributed by atoms with van der Waals surface area (Å²) in [6.45, 7) is 2.56. The number of carbonyl (C=O) groups is 1. The number of aryl methyl sites for hydroxylation is 1. The summed E-state index contributed by atoms with van der Waals surface area (Å²) >= 11 is 0. The van der Waals surface area contributed by atoms with Crippen molar-refractivity contribution in [1.29, 1.82) is 0 Å². The van der Waals surface area contributed by atoms with Crippen molar-refractivity contribution in [3.8, 4) is 0 Å². The normalized spacial score (nSPS) is 10.5. The van der Waals surface area contributed by atoms with Crippen LogP contribution in [0, 0.1) is 5.82 Å². The van der Waals surface area contributed by atoms with Crippen LogP contribution in [0.25, 0.3) is 0 Å². The molecule has 0 saturated heterocycles. The van der Waals surface area contributed by atoms with Crippen LogP contribution in [0.1, 0.15) is 29.4 Å². The Balaban J connectivity index is 2.37. The van der Waals surface area contributed by atoms with E-state index >= 15 is 0 Å². The largest absolute Gasteiger partial charge is 0.287 e. The fourth-order valence-electron chi connectivity index (χ4n) is 1.59. The van der Waals surface area contributed by atoms with Gasteiger partial charge in [-0.1, -0.05) is 24.3 Å². The van der Waals surface area contributed by atoms with E-state index in [1.54, 1.807) is 12.1 Å². The number of carbonyl (C=O) groups excluding carboxylic acids is 1. The highest BCUT2D eigenvalue weighted by molar-refractivity contribution is 6.07. The van der Waals surface area contributed by atoms with Crippen molar-refractivity contribution in [1.82, 2.24) is 15.0 Å². The van der Waals surface area contributed by atoms with Gasteiger partial charge in [0.25, 0.3) is 0 Å². The molecular weight excluding hydrogens is 221 g/mol. The van der Waals surface area contributed by atoms with Crippen LogP contribution in [0.4, 0.5) is 4.39 Å². The van der Waals surface area contributed by atoms with Crippen molar-refractivity contribution >= 4 is 5.78 Å². The minimum atomic E-state index is -0.526. The Morgan fingerprint density at radius 2 is 2.18 bits per heavy atom. The first-order valence-electron chi connectivity index (χ1n) is 5.41. The van der Waals surface area contributed by atoms with E-state index in [4.69, 9.17) is 0 Å². The van der Waals surface area contributed by atoms with Crippen LogP contribution in [-0.2, 0) is 6.54 Å². The Morgan fingerprint density at radius 1 is 1.41 bits per heavy atom. The van der Waals surface area contributed by atoms with Crippen molar-refractivity contribution in [2.45, 2.75) is 19.9 Å². The molecule has 1 heterocycles. The predicted octanol–water partition coefficient (Wildman–Crippen LogP) is 2.06. The van der Waals surface area contributed by atoms with E-state index in [2.05, 4.69) is 10.3 Å². The second-order valence-corrected chi connectivity index (χ2v) is 3.65. The number of halogens is 1. The molecule has 0 bridgehead atoms. The van der Waals surface area contributed by atoms with Gasteiger partial charge in [0.05, 0.1) is 11.8 Å². The molecule has 0 radical (unpaired) electrons. The first-order valence-corrected chi connectivity index (χ1v) is 5.41. The van der Waals surface area contributed by atoms with E-state index in [0.717, 1.165) is 6.42 Å². The van der Waals surface area contributed by atoms with E-state index < -0.39 is 5.82 Å². The zero-order chi connectivity index (χ0) is 12.3. The smallest absolute Gasteiger partial charge is 0.215 e. The van der Waals surface area contributed by atoms with Gasteiger partial charge < -0.3 is 0 Å². The van der Waals surface area contributed by atoms with Gasteiger partial charge in [-0.25, -0.2) is 9.07 Å². The van der Waals surface area contributed by atoms with Gasteiger partial charge >= 0.3 is 0 Å². The average molecular weight is 233 g/mol. The van der Waals surface area contributed by atoms with Crippen molar-refractivity contribution in [3.63, 3.8) is 0 Å². The Hall–Kier alpha value is -2.04. The third-order valence-corrected chi connectivity index (χ3v) is 2.40. The maximum absolute atomic E-state index is 13.5. The fourth-order valence-corrected chi connectivity index (χ4v) is 1.59. The molecule has 4 nitrogen and oxygen atoms in total. The second-order valence-electron chi connectivity index (χ2n) is 3.65. The van der Waals surface area contributed by atoms with Crippen molar-refractivity contribution in [3.05, 3.63) is 47.5 Å². The first-order chi connectivity index (χ1) is 8.24. The van der Waals surface area contributed by atoms with Crippen molar-refractivity contribution in [2.24, 2.45) is 0 Å². The van der Waals surface area contributed by atoms with Gasteiger partial charge in [0.15, 0.2) is 0 Å². The maximum Gasteiger partial charge on any atom is 0.215 e. The van der Waals surface area contributed by atoms with Crippen molar-refractivity contribution < 1.29 is 9.18 Å². The van der Waals surface area contributed by atoms with Gasteiger partial charge in [0, 0.05) is 6.54 Å². The molecule has 0 amide bonds. The number of ketones is 1. The summed E-state index contributed by atoms with van der Waals surface area (Å²) < 4.78 is 15.0. The van der Waals surface area contributed by atoms with Crippen LogP contribution < -0.4 is 0 Å². The Kier molecular flexibility index (Phi) is 3.27. The molecule has 0 aliphatic rings. The van der Waals surface area contributed by atoms with E-state index in [1.807, 2.05) is 6.92 Å².